The minimum absolute atomic E-state index is 0.133. The molecule has 162 valence electrons. The molecule has 0 aliphatic heterocycles. The molecule has 0 unspecified atom stereocenters. The van der Waals surface area contributed by atoms with Crippen molar-refractivity contribution in [2.45, 2.75) is 31.2 Å². The van der Waals surface area contributed by atoms with Gasteiger partial charge < -0.3 is 5.32 Å². The predicted octanol–water partition coefficient (Wildman–Crippen LogP) is 5.08. The molecule has 0 spiro atoms. The Morgan fingerprint density at radius 1 is 0.968 bits per heavy atom. The largest absolute Gasteiger partial charge is 0.348 e. The van der Waals surface area contributed by atoms with E-state index in [-0.39, 0.29) is 23.4 Å². The van der Waals surface area contributed by atoms with Crippen LogP contribution in [0.2, 0.25) is 0 Å². The van der Waals surface area contributed by atoms with Gasteiger partial charge in [0.2, 0.25) is 5.91 Å². The number of hydrogen-bond acceptors (Lipinski definition) is 3. The number of nitrogens with one attached hydrogen (secondary N) is 1. The van der Waals surface area contributed by atoms with Crippen LogP contribution in [0.15, 0.2) is 88.2 Å². The van der Waals surface area contributed by atoms with Gasteiger partial charge in [0.25, 0.3) is 10.0 Å². The Bertz CT molecular complexity index is 1120. The molecule has 0 heterocycles. The Kier molecular flexibility index (Phi) is 7.51. The molecule has 31 heavy (non-hydrogen) atoms. The first-order valence-electron chi connectivity index (χ1n) is 10.0. The molecule has 0 fully saturated rings. The summed E-state index contributed by atoms with van der Waals surface area (Å²) < 4.78 is 28.6. The number of carbonyl (C=O) groups excluding carboxylic acids is 1. The summed E-state index contributed by atoms with van der Waals surface area (Å²) in [6, 6.07) is 22.8. The summed E-state index contributed by atoms with van der Waals surface area (Å²) in [4.78, 5) is 13.0. The maximum absolute atomic E-state index is 13.3. The molecule has 0 bridgehead atoms. The molecule has 0 aliphatic carbocycles. The van der Waals surface area contributed by atoms with Gasteiger partial charge in [-0.25, -0.2) is 8.42 Å². The van der Waals surface area contributed by atoms with Crippen LogP contribution >= 0.6 is 15.9 Å². The minimum atomic E-state index is -3.91. The molecule has 0 aromatic heterocycles. The molecule has 0 aliphatic rings. The Labute approximate surface area is 192 Å². The number of anilines is 1. The number of benzene rings is 3. The van der Waals surface area contributed by atoms with Gasteiger partial charge in [-0.05, 0) is 60.9 Å². The first kappa shape index (κ1) is 23.0. The van der Waals surface area contributed by atoms with Crippen LogP contribution in [0.1, 0.15) is 31.0 Å². The molecular weight excluding hydrogens is 476 g/mol. The Hall–Kier alpha value is -2.64. The highest BCUT2D eigenvalue weighted by atomic mass is 79.9. The molecule has 1 N–H and O–H groups in total. The van der Waals surface area contributed by atoms with Gasteiger partial charge in [0.1, 0.15) is 6.54 Å². The van der Waals surface area contributed by atoms with Gasteiger partial charge in [0, 0.05) is 4.47 Å². The lowest BCUT2D eigenvalue weighted by atomic mass is 10.1. The van der Waals surface area contributed by atoms with Crippen LogP contribution in [0, 0.1) is 0 Å². The summed E-state index contributed by atoms with van der Waals surface area (Å²) in [5.74, 6) is -0.380. The zero-order valence-corrected chi connectivity index (χ0v) is 19.9. The highest BCUT2D eigenvalue weighted by Crippen LogP contribution is 2.25. The lowest BCUT2D eigenvalue weighted by molar-refractivity contribution is -0.120. The zero-order chi connectivity index (χ0) is 22.4. The van der Waals surface area contributed by atoms with E-state index in [1.54, 1.807) is 42.5 Å². The lowest BCUT2D eigenvalue weighted by Crippen LogP contribution is -2.41. The molecule has 0 radical (unpaired) electrons. The summed E-state index contributed by atoms with van der Waals surface area (Å²) >= 11 is 3.36. The molecule has 3 rings (SSSR count). The second-order valence-electron chi connectivity index (χ2n) is 7.19. The maximum atomic E-state index is 13.3. The Morgan fingerprint density at radius 3 is 2.16 bits per heavy atom. The van der Waals surface area contributed by atoms with Crippen molar-refractivity contribution in [3.8, 4) is 0 Å². The molecule has 7 heteroatoms. The molecule has 3 aromatic carbocycles. The molecule has 1 amide bonds. The van der Waals surface area contributed by atoms with E-state index in [1.807, 2.05) is 31.2 Å². The normalized spacial score (nSPS) is 12.2. The molecule has 3 aromatic rings. The van der Waals surface area contributed by atoms with Crippen molar-refractivity contribution in [3.05, 3.63) is 94.5 Å². The zero-order valence-electron chi connectivity index (χ0n) is 17.5. The number of amides is 1. The fourth-order valence-electron chi connectivity index (χ4n) is 3.19. The van der Waals surface area contributed by atoms with E-state index < -0.39 is 10.0 Å². The van der Waals surface area contributed by atoms with Crippen molar-refractivity contribution in [1.29, 1.82) is 0 Å². The minimum Gasteiger partial charge on any atom is -0.348 e. The summed E-state index contributed by atoms with van der Waals surface area (Å²) in [7, 11) is -3.91. The smallest absolute Gasteiger partial charge is 0.264 e. The third-order valence-corrected chi connectivity index (χ3v) is 7.32. The Morgan fingerprint density at radius 2 is 1.58 bits per heavy atom. The van der Waals surface area contributed by atoms with Crippen LogP contribution in [-0.2, 0) is 21.2 Å². The van der Waals surface area contributed by atoms with E-state index in [2.05, 4.69) is 28.2 Å². The number of rotatable bonds is 8. The third-order valence-electron chi connectivity index (χ3n) is 5.00. The van der Waals surface area contributed by atoms with Gasteiger partial charge in [-0.3, -0.25) is 9.10 Å². The van der Waals surface area contributed by atoms with Crippen LogP contribution in [0.3, 0.4) is 0 Å². The van der Waals surface area contributed by atoms with Gasteiger partial charge in [0.15, 0.2) is 0 Å². The summed E-state index contributed by atoms with van der Waals surface area (Å²) in [6.45, 7) is 3.65. The van der Waals surface area contributed by atoms with E-state index in [1.165, 1.54) is 17.7 Å². The van der Waals surface area contributed by atoms with Crippen LogP contribution in [0.4, 0.5) is 5.69 Å². The third kappa shape index (κ3) is 5.74. The quantitative estimate of drug-likeness (QED) is 0.468. The number of aryl methyl sites for hydroxylation is 1. The maximum Gasteiger partial charge on any atom is 0.264 e. The van der Waals surface area contributed by atoms with E-state index in [4.69, 9.17) is 0 Å². The number of carbonyl (C=O) groups is 1. The van der Waals surface area contributed by atoms with Crippen molar-refractivity contribution >= 4 is 37.5 Å². The predicted molar refractivity (Wildman–Crippen MR) is 127 cm³/mol. The standard InChI is InChI=1S/C24H25BrN2O3S/c1-3-19-9-11-20(12-10-19)18(2)26-24(28)17-27(22-15-13-21(25)14-16-22)31(29,30)23-7-5-4-6-8-23/h4-16,18H,3,17H2,1-2H3,(H,26,28)/t18-/m1/s1. The first-order valence-corrected chi connectivity index (χ1v) is 12.3. The molecule has 1 atom stereocenters. The summed E-state index contributed by atoms with van der Waals surface area (Å²) in [6.07, 6.45) is 0.945. The van der Waals surface area contributed by atoms with Crippen molar-refractivity contribution < 1.29 is 13.2 Å². The van der Waals surface area contributed by atoms with Gasteiger partial charge in [-0.1, -0.05) is 65.3 Å². The van der Waals surface area contributed by atoms with Crippen molar-refractivity contribution in [1.82, 2.24) is 5.32 Å². The fourth-order valence-corrected chi connectivity index (χ4v) is 4.89. The second-order valence-corrected chi connectivity index (χ2v) is 9.96. The van der Waals surface area contributed by atoms with Gasteiger partial charge in [-0.2, -0.15) is 0 Å². The van der Waals surface area contributed by atoms with Crippen molar-refractivity contribution in [2.24, 2.45) is 0 Å². The Balaban J connectivity index is 1.84. The van der Waals surface area contributed by atoms with Crippen molar-refractivity contribution in [3.63, 3.8) is 0 Å². The lowest BCUT2D eigenvalue weighted by Gasteiger charge is -2.25. The highest BCUT2D eigenvalue weighted by molar-refractivity contribution is 9.10. The van der Waals surface area contributed by atoms with E-state index >= 15 is 0 Å². The summed E-state index contributed by atoms with van der Waals surface area (Å²) in [5.41, 5.74) is 2.60. The van der Waals surface area contributed by atoms with Crippen LogP contribution in [-0.4, -0.2) is 20.9 Å². The first-order chi connectivity index (χ1) is 14.8. The van der Waals surface area contributed by atoms with E-state index in [0.717, 1.165) is 20.8 Å². The number of nitrogens with zero attached hydrogens (tertiary/aromatic N) is 1. The van der Waals surface area contributed by atoms with Crippen molar-refractivity contribution in [2.75, 3.05) is 10.8 Å². The van der Waals surface area contributed by atoms with E-state index in [0.29, 0.717) is 5.69 Å². The SMILES string of the molecule is CCc1ccc([C@@H](C)NC(=O)CN(c2ccc(Br)cc2)S(=O)(=O)c2ccccc2)cc1. The van der Waals surface area contributed by atoms with Crippen LogP contribution in [0.25, 0.3) is 0 Å². The fraction of sp³-hybridized carbons (Fsp3) is 0.208. The van der Waals surface area contributed by atoms with Crippen LogP contribution < -0.4 is 9.62 Å². The second kappa shape index (κ2) is 10.1. The van der Waals surface area contributed by atoms with E-state index in [9.17, 15) is 13.2 Å². The van der Waals surface area contributed by atoms with Gasteiger partial charge in [0.05, 0.1) is 16.6 Å². The monoisotopic (exact) mass is 500 g/mol. The number of hydrogen-bond donors (Lipinski definition) is 1. The average molecular weight is 501 g/mol. The average Bonchev–Trinajstić information content (AvgIpc) is 2.78. The van der Waals surface area contributed by atoms with Gasteiger partial charge >= 0.3 is 0 Å². The highest BCUT2D eigenvalue weighted by Gasteiger charge is 2.27. The van der Waals surface area contributed by atoms with Crippen LogP contribution in [0.5, 0.6) is 0 Å². The molecule has 0 saturated carbocycles. The number of sulfonamides is 1. The molecule has 5 nitrogen and oxygen atoms in total. The van der Waals surface area contributed by atoms with Gasteiger partial charge in [-0.15, -0.1) is 0 Å². The summed E-state index contributed by atoms with van der Waals surface area (Å²) in [5, 5.41) is 2.91. The topological polar surface area (TPSA) is 66.5 Å². The number of halogens is 1. The molecular formula is C24H25BrN2O3S. The molecule has 0 saturated heterocycles.